The topological polar surface area (TPSA) is 103 Å². The lowest BCUT2D eigenvalue weighted by molar-refractivity contribution is 0.372. The Morgan fingerprint density at radius 2 is 2.00 bits per heavy atom. The van der Waals surface area contributed by atoms with Crippen LogP contribution in [0.25, 0.3) is 0 Å². The van der Waals surface area contributed by atoms with Gasteiger partial charge in [0, 0.05) is 7.05 Å². The predicted octanol–water partition coefficient (Wildman–Crippen LogP) is 0.715. The van der Waals surface area contributed by atoms with E-state index in [-0.39, 0.29) is 17.3 Å². The lowest BCUT2D eigenvalue weighted by Gasteiger charge is -2.07. The second-order valence-electron chi connectivity index (χ2n) is 4.61. The summed E-state index contributed by atoms with van der Waals surface area (Å²) < 4.78 is 34.1. The summed E-state index contributed by atoms with van der Waals surface area (Å²) in [5, 5.41) is 7.90. The summed E-state index contributed by atoms with van der Waals surface area (Å²) in [6.07, 6.45) is 1.13. The molecule has 0 saturated carbocycles. The molecule has 0 aromatic carbocycles. The molecule has 2 aromatic heterocycles. The molecule has 2 rings (SSSR count). The molecule has 1 N–H and O–H groups in total. The van der Waals surface area contributed by atoms with Crippen LogP contribution < -0.4 is 4.72 Å². The maximum atomic E-state index is 12.5. The molecule has 0 fully saturated rings. The number of hydrogen-bond acceptors (Lipinski definition) is 6. The molecule has 0 saturated heterocycles. The van der Waals surface area contributed by atoms with Gasteiger partial charge in [0.2, 0.25) is 15.9 Å². The molecule has 0 aliphatic rings. The lowest BCUT2D eigenvalue weighted by atomic mass is 10.2. The third kappa shape index (κ3) is 3.13. The SMILES string of the molecule is CCc1nn(C)c(CC)c1S(=O)(=O)NCc1nc(C)no1. The van der Waals surface area contributed by atoms with E-state index in [9.17, 15) is 8.42 Å². The minimum atomic E-state index is -3.68. The van der Waals surface area contributed by atoms with Crippen molar-refractivity contribution >= 4 is 10.0 Å². The number of aromatic nitrogens is 4. The Morgan fingerprint density at radius 3 is 2.52 bits per heavy atom. The van der Waals surface area contributed by atoms with Crippen LogP contribution in [0.1, 0.15) is 37.0 Å². The van der Waals surface area contributed by atoms with Crippen molar-refractivity contribution in [3.05, 3.63) is 23.1 Å². The molecule has 0 spiro atoms. The van der Waals surface area contributed by atoms with Crippen molar-refractivity contribution in [3.63, 3.8) is 0 Å². The zero-order valence-corrected chi connectivity index (χ0v) is 13.4. The average molecular weight is 313 g/mol. The molecular formula is C12H19N5O3S. The number of sulfonamides is 1. The first kappa shape index (κ1) is 15.6. The number of aryl methyl sites for hydroxylation is 3. The van der Waals surface area contributed by atoms with Crippen LogP contribution in [0.4, 0.5) is 0 Å². The summed E-state index contributed by atoms with van der Waals surface area (Å²) in [5.74, 6) is 0.699. The number of rotatable bonds is 6. The first-order valence-electron chi connectivity index (χ1n) is 6.72. The molecule has 0 unspecified atom stereocenters. The summed E-state index contributed by atoms with van der Waals surface area (Å²) in [6, 6.07) is 0. The van der Waals surface area contributed by atoms with Gasteiger partial charge in [-0.3, -0.25) is 4.68 Å². The smallest absolute Gasteiger partial charge is 0.244 e. The van der Waals surface area contributed by atoms with Crippen molar-refractivity contribution < 1.29 is 12.9 Å². The fourth-order valence-corrected chi connectivity index (χ4v) is 3.71. The standard InChI is InChI=1S/C12H19N5O3S/c1-5-9-12(10(6-2)17(4)15-9)21(18,19)13-7-11-14-8(3)16-20-11/h13H,5-7H2,1-4H3. The molecule has 9 heteroatoms. The Hall–Kier alpha value is -1.74. The van der Waals surface area contributed by atoms with E-state index in [2.05, 4.69) is 20.0 Å². The van der Waals surface area contributed by atoms with Gasteiger partial charge < -0.3 is 4.52 Å². The Balaban J connectivity index is 2.31. The highest BCUT2D eigenvalue weighted by Crippen LogP contribution is 2.21. The first-order valence-corrected chi connectivity index (χ1v) is 8.21. The normalized spacial score (nSPS) is 12.0. The lowest BCUT2D eigenvalue weighted by Crippen LogP contribution is -2.25. The van der Waals surface area contributed by atoms with Crippen molar-refractivity contribution in [1.29, 1.82) is 0 Å². The van der Waals surface area contributed by atoms with Crippen LogP contribution >= 0.6 is 0 Å². The van der Waals surface area contributed by atoms with Gasteiger partial charge in [0.25, 0.3) is 0 Å². The maximum Gasteiger partial charge on any atom is 0.244 e. The van der Waals surface area contributed by atoms with E-state index in [1.807, 2.05) is 13.8 Å². The van der Waals surface area contributed by atoms with Crippen molar-refractivity contribution in [2.24, 2.45) is 7.05 Å². The monoisotopic (exact) mass is 313 g/mol. The Bertz CT molecular complexity index is 732. The van der Waals surface area contributed by atoms with Gasteiger partial charge in [0.05, 0.1) is 17.9 Å². The molecule has 21 heavy (non-hydrogen) atoms. The second kappa shape index (κ2) is 5.94. The minimum Gasteiger partial charge on any atom is -0.338 e. The highest BCUT2D eigenvalue weighted by molar-refractivity contribution is 7.89. The Labute approximate surface area is 123 Å². The number of nitrogens with one attached hydrogen (secondary N) is 1. The van der Waals surface area contributed by atoms with Crippen LogP contribution in [0.3, 0.4) is 0 Å². The fourth-order valence-electron chi connectivity index (χ4n) is 2.17. The zero-order chi connectivity index (χ0) is 15.6. The molecule has 0 atom stereocenters. The van der Waals surface area contributed by atoms with Gasteiger partial charge in [-0.2, -0.15) is 10.1 Å². The number of nitrogens with zero attached hydrogens (tertiary/aromatic N) is 4. The van der Waals surface area contributed by atoms with Crippen LogP contribution in [0, 0.1) is 6.92 Å². The van der Waals surface area contributed by atoms with Crippen LogP contribution in [0.5, 0.6) is 0 Å². The molecule has 0 radical (unpaired) electrons. The van der Waals surface area contributed by atoms with E-state index in [0.717, 1.165) is 0 Å². The van der Waals surface area contributed by atoms with Crippen LogP contribution in [0.15, 0.2) is 9.42 Å². The summed E-state index contributed by atoms with van der Waals surface area (Å²) in [5.41, 5.74) is 1.24. The van der Waals surface area contributed by atoms with Crippen molar-refractivity contribution in [2.75, 3.05) is 0 Å². The summed E-state index contributed by atoms with van der Waals surface area (Å²) in [4.78, 5) is 4.23. The van der Waals surface area contributed by atoms with Crippen molar-refractivity contribution in [1.82, 2.24) is 24.6 Å². The molecule has 0 aliphatic carbocycles. The van der Waals surface area contributed by atoms with Gasteiger partial charge in [0.1, 0.15) is 4.90 Å². The third-order valence-corrected chi connectivity index (χ3v) is 4.64. The summed E-state index contributed by atoms with van der Waals surface area (Å²) >= 11 is 0. The largest absolute Gasteiger partial charge is 0.338 e. The van der Waals surface area contributed by atoms with Gasteiger partial charge in [-0.25, -0.2) is 13.1 Å². The van der Waals surface area contributed by atoms with Crippen LogP contribution in [-0.4, -0.2) is 28.3 Å². The highest BCUT2D eigenvalue weighted by atomic mass is 32.2. The predicted molar refractivity (Wildman–Crippen MR) is 75.0 cm³/mol. The van der Waals surface area contributed by atoms with Crippen LogP contribution in [0.2, 0.25) is 0 Å². The molecule has 8 nitrogen and oxygen atoms in total. The van der Waals surface area contributed by atoms with E-state index < -0.39 is 10.0 Å². The molecule has 0 amide bonds. The number of hydrogen-bond donors (Lipinski definition) is 1. The van der Waals surface area contributed by atoms with E-state index in [4.69, 9.17) is 4.52 Å². The van der Waals surface area contributed by atoms with Gasteiger partial charge in [-0.05, 0) is 19.8 Å². The molecular weight excluding hydrogens is 294 g/mol. The average Bonchev–Trinajstić information content (AvgIpc) is 2.99. The quantitative estimate of drug-likeness (QED) is 0.842. The minimum absolute atomic E-state index is 0.0373. The molecule has 2 aromatic rings. The zero-order valence-electron chi connectivity index (χ0n) is 12.5. The van der Waals surface area contributed by atoms with Gasteiger partial charge >= 0.3 is 0 Å². The fraction of sp³-hybridized carbons (Fsp3) is 0.583. The molecule has 0 aliphatic heterocycles. The molecule has 2 heterocycles. The van der Waals surface area contributed by atoms with Crippen molar-refractivity contribution in [2.45, 2.75) is 45.1 Å². The van der Waals surface area contributed by atoms with E-state index in [1.165, 1.54) is 0 Å². The van der Waals surface area contributed by atoms with E-state index in [0.29, 0.717) is 30.1 Å². The third-order valence-electron chi connectivity index (χ3n) is 3.11. The van der Waals surface area contributed by atoms with Gasteiger partial charge in [0.15, 0.2) is 5.82 Å². The molecule has 0 bridgehead atoms. The molecule has 116 valence electrons. The van der Waals surface area contributed by atoms with Crippen LogP contribution in [-0.2, 0) is 36.5 Å². The highest BCUT2D eigenvalue weighted by Gasteiger charge is 2.26. The maximum absolute atomic E-state index is 12.5. The summed E-state index contributed by atoms with van der Waals surface area (Å²) in [6.45, 7) is 5.41. The first-order chi connectivity index (χ1) is 9.89. The van der Waals surface area contributed by atoms with E-state index >= 15 is 0 Å². The Kier molecular flexibility index (Phi) is 4.43. The van der Waals surface area contributed by atoms with Gasteiger partial charge in [-0.1, -0.05) is 19.0 Å². The summed E-state index contributed by atoms with van der Waals surface area (Å²) in [7, 11) is -1.93. The second-order valence-corrected chi connectivity index (χ2v) is 6.32. The van der Waals surface area contributed by atoms with Gasteiger partial charge in [-0.15, -0.1) is 0 Å². The van der Waals surface area contributed by atoms with E-state index in [1.54, 1.807) is 18.7 Å². The Morgan fingerprint density at radius 1 is 1.29 bits per heavy atom. The van der Waals surface area contributed by atoms with Crippen molar-refractivity contribution in [3.8, 4) is 0 Å².